The summed E-state index contributed by atoms with van der Waals surface area (Å²) in [6.07, 6.45) is 5.99. The lowest BCUT2D eigenvalue weighted by Crippen LogP contribution is -2.19. The Hall–Kier alpha value is -0.960. The van der Waals surface area contributed by atoms with Gasteiger partial charge in [-0.1, -0.05) is 0 Å². The van der Waals surface area contributed by atoms with Crippen molar-refractivity contribution >= 4 is 17.7 Å². The first-order valence-electron chi connectivity index (χ1n) is 3.80. The molecule has 2 heterocycles. The van der Waals surface area contributed by atoms with Gasteiger partial charge in [-0.2, -0.15) is 0 Å². The molecule has 0 N–H and O–H groups in total. The number of alkyl halides is 1. The first kappa shape index (κ1) is 7.68. The van der Waals surface area contributed by atoms with E-state index >= 15 is 0 Å². The van der Waals surface area contributed by atoms with Gasteiger partial charge in [-0.25, -0.2) is 4.98 Å². The largest absolute Gasteiger partial charge is 0.363 e. The van der Waals surface area contributed by atoms with Crippen molar-refractivity contribution in [1.82, 2.24) is 14.5 Å². The first-order valence-corrected chi connectivity index (χ1v) is 4.33. The zero-order chi connectivity index (χ0) is 8.55. The van der Waals surface area contributed by atoms with Gasteiger partial charge in [0.25, 0.3) is 0 Å². The normalized spacial score (nSPS) is 15.0. The zero-order valence-corrected chi connectivity index (χ0v) is 7.62. The van der Waals surface area contributed by atoms with Gasteiger partial charge in [-0.3, -0.25) is 0 Å². The van der Waals surface area contributed by atoms with E-state index in [0.29, 0.717) is 5.88 Å². The minimum Gasteiger partial charge on any atom is -0.363 e. The van der Waals surface area contributed by atoms with Crippen molar-refractivity contribution in [3.8, 4) is 0 Å². The summed E-state index contributed by atoms with van der Waals surface area (Å²) in [4.78, 5) is 6.41. The smallest absolute Gasteiger partial charge is 0.135 e. The lowest BCUT2D eigenvalue weighted by atomic mass is 10.5. The van der Waals surface area contributed by atoms with Crippen LogP contribution < -0.4 is 0 Å². The van der Waals surface area contributed by atoms with E-state index in [1.807, 2.05) is 25.5 Å². The van der Waals surface area contributed by atoms with Crippen LogP contribution in [0.2, 0.25) is 0 Å². The lowest BCUT2D eigenvalue weighted by Gasteiger charge is -2.19. The maximum Gasteiger partial charge on any atom is 0.135 e. The second-order valence-electron chi connectivity index (χ2n) is 2.91. The van der Waals surface area contributed by atoms with Crippen LogP contribution in [0.1, 0.15) is 11.5 Å². The van der Waals surface area contributed by atoms with E-state index in [9.17, 15) is 0 Å². The number of rotatable bonds is 1. The predicted octanol–water partition coefficient (Wildman–Crippen LogP) is 1.50. The molecule has 1 aliphatic heterocycles. The molecular formula is C8H10ClN3. The predicted molar refractivity (Wildman–Crippen MR) is 48.6 cm³/mol. The van der Waals surface area contributed by atoms with E-state index in [1.54, 1.807) is 0 Å². The van der Waals surface area contributed by atoms with Gasteiger partial charge < -0.3 is 9.47 Å². The number of aromatic nitrogens is 2. The molecule has 4 heteroatoms. The highest BCUT2D eigenvalue weighted by molar-refractivity contribution is 6.16. The molecule has 0 saturated carbocycles. The topological polar surface area (TPSA) is 21.1 Å². The number of nitrogens with zero attached hydrogens (tertiary/aromatic N) is 3. The monoisotopic (exact) mass is 183 g/mol. The van der Waals surface area contributed by atoms with Crippen molar-refractivity contribution in [1.29, 1.82) is 0 Å². The number of fused-ring (bicyclic) bond motifs is 1. The maximum atomic E-state index is 5.67. The molecule has 0 spiro atoms. The van der Waals surface area contributed by atoms with Crippen LogP contribution in [0, 0.1) is 0 Å². The van der Waals surface area contributed by atoms with Crippen LogP contribution in [0.5, 0.6) is 0 Å². The van der Waals surface area contributed by atoms with Crippen LogP contribution >= 0.6 is 11.6 Å². The summed E-state index contributed by atoms with van der Waals surface area (Å²) in [6, 6.07) is 0. The number of halogens is 1. The zero-order valence-electron chi connectivity index (χ0n) is 6.87. The average molecular weight is 184 g/mol. The highest BCUT2D eigenvalue weighted by atomic mass is 35.5. The van der Waals surface area contributed by atoms with E-state index in [1.165, 1.54) is 0 Å². The molecule has 0 radical (unpaired) electrons. The summed E-state index contributed by atoms with van der Waals surface area (Å²) < 4.78 is 2.08. The van der Waals surface area contributed by atoms with Crippen LogP contribution in [0.4, 0.5) is 0 Å². The standard InChI is InChI=1S/C8H10ClN3/c1-11-3-2-8-10-7(4-9)5-12(8)6-11/h2-3,5H,4,6H2,1H3. The van der Waals surface area contributed by atoms with E-state index < -0.39 is 0 Å². The second kappa shape index (κ2) is 2.83. The molecule has 0 bridgehead atoms. The van der Waals surface area contributed by atoms with Gasteiger partial charge in [0.2, 0.25) is 0 Å². The number of hydrogen-bond acceptors (Lipinski definition) is 2. The van der Waals surface area contributed by atoms with Crippen molar-refractivity contribution in [2.75, 3.05) is 7.05 Å². The molecule has 0 atom stereocenters. The summed E-state index contributed by atoms with van der Waals surface area (Å²) in [5.41, 5.74) is 0.937. The van der Waals surface area contributed by atoms with Gasteiger partial charge in [-0.05, 0) is 6.08 Å². The fraction of sp³-hybridized carbons (Fsp3) is 0.375. The van der Waals surface area contributed by atoms with E-state index in [-0.39, 0.29) is 0 Å². The van der Waals surface area contributed by atoms with E-state index in [0.717, 1.165) is 18.2 Å². The summed E-state index contributed by atoms with van der Waals surface area (Å²) in [7, 11) is 2.03. The molecule has 1 aromatic heterocycles. The molecule has 64 valence electrons. The highest BCUT2D eigenvalue weighted by Crippen LogP contribution is 2.12. The third-order valence-electron chi connectivity index (χ3n) is 1.85. The van der Waals surface area contributed by atoms with Crippen molar-refractivity contribution < 1.29 is 0 Å². The molecular weight excluding hydrogens is 174 g/mol. The molecule has 2 rings (SSSR count). The van der Waals surface area contributed by atoms with Crippen molar-refractivity contribution in [2.24, 2.45) is 0 Å². The Labute approximate surface area is 76.3 Å². The van der Waals surface area contributed by atoms with Gasteiger partial charge in [0.05, 0.1) is 18.2 Å². The second-order valence-corrected chi connectivity index (χ2v) is 3.18. The molecule has 1 aromatic rings. The Morgan fingerprint density at radius 3 is 3.25 bits per heavy atom. The fourth-order valence-corrected chi connectivity index (χ4v) is 1.41. The van der Waals surface area contributed by atoms with Crippen molar-refractivity contribution in [3.05, 3.63) is 23.9 Å². The van der Waals surface area contributed by atoms with E-state index in [2.05, 4.69) is 14.5 Å². The molecule has 0 amide bonds. The SMILES string of the molecule is CN1C=Cc2nc(CCl)cn2C1. The summed E-state index contributed by atoms with van der Waals surface area (Å²) >= 11 is 5.67. The third kappa shape index (κ3) is 1.20. The number of imidazole rings is 1. The van der Waals surface area contributed by atoms with Gasteiger partial charge in [-0.15, -0.1) is 11.6 Å². The minimum atomic E-state index is 0.484. The molecule has 0 aromatic carbocycles. The maximum absolute atomic E-state index is 5.67. The molecule has 1 aliphatic rings. The average Bonchev–Trinajstić information content (AvgIpc) is 2.46. The third-order valence-corrected chi connectivity index (χ3v) is 2.12. The Morgan fingerprint density at radius 1 is 1.67 bits per heavy atom. The summed E-state index contributed by atoms with van der Waals surface area (Å²) in [5.74, 6) is 1.47. The van der Waals surface area contributed by atoms with Gasteiger partial charge in [0, 0.05) is 19.4 Å². The minimum absolute atomic E-state index is 0.484. The molecule has 3 nitrogen and oxygen atoms in total. The van der Waals surface area contributed by atoms with Crippen LogP contribution in [0.15, 0.2) is 12.4 Å². The summed E-state index contributed by atoms with van der Waals surface area (Å²) in [6.45, 7) is 0.857. The quantitative estimate of drug-likeness (QED) is 0.616. The Balaban J connectivity index is 2.37. The molecule has 0 fully saturated rings. The number of hydrogen-bond donors (Lipinski definition) is 0. The molecule has 0 aliphatic carbocycles. The summed E-state index contributed by atoms with van der Waals surface area (Å²) in [5, 5.41) is 0. The Bertz CT molecular complexity index is 316. The first-order chi connectivity index (χ1) is 5.79. The van der Waals surface area contributed by atoms with Crippen LogP contribution in [-0.4, -0.2) is 21.5 Å². The fourth-order valence-electron chi connectivity index (χ4n) is 1.28. The van der Waals surface area contributed by atoms with Crippen LogP contribution in [0.3, 0.4) is 0 Å². The van der Waals surface area contributed by atoms with Crippen molar-refractivity contribution in [3.63, 3.8) is 0 Å². The van der Waals surface area contributed by atoms with Crippen molar-refractivity contribution in [2.45, 2.75) is 12.5 Å². The molecule has 0 unspecified atom stereocenters. The molecule has 12 heavy (non-hydrogen) atoms. The molecule has 0 saturated heterocycles. The highest BCUT2D eigenvalue weighted by Gasteiger charge is 2.09. The Morgan fingerprint density at radius 2 is 2.50 bits per heavy atom. The van der Waals surface area contributed by atoms with Gasteiger partial charge in [0.15, 0.2) is 0 Å². The van der Waals surface area contributed by atoms with Gasteiger partial charge >= 0.3 is 0 Å². The van der Waals surface area contributed by atoms with Crippen LogP contribution in [-0.2, 0) is 12.5 Å². The van der Waals surface area contributed by atoms with Gasteiger partial charge in [0.1, 0.15) is 5.82 Å². The van der Waals surface area contributed by atoms with E-state index in [4.69, 9.17) is 11.6 Å². The van der Waals surface area contributed by atoms with Crippen LogP contribution in [0.25, 0.3) is 6.08 Å². The lowest BCUT2D eigenvalue weighted by molar-refractivity contribution is 0.355. The Kier molecular flexibility index (Phi) is 1.81.